The van der Waals surface area contributed by atoms with Crippen LogP contribution < -0.4 is 0 Å². The third-order valence-electron chi connectivity index (χ3n) is 10.9. The average Bonchev–Trinajstić information content (AvgIpc) is 3.44. The lowest BCUT2D eigenvalue weighted by atomic mass is 9.54. The Morgan fingerprint density at radius 1 is 0.708 bits per heavy atom. The van der Waals surface area contributed by atoms with Crippen LogP contribution >= 0.6 is 0 Å². The van der Waals surface area contributed by atoms with E-state index in [9.17, 15) is 5.11 Å². The number of hydrogen-bond acceptors (Lipinski definition) is 2. The number of rotatable bonds is 1. The van der Waals surface area contributed by atoms with Crippen molar-refractivity contribution in [1.29, 1.82) is 0 Å². The molecule has 15 unspecified atom stereocenters. The molecule has 7 fully saturated rings. The second kappa shape index (κ2) is 3.83. The predicted octanol–water partition coefficient (Wildman–Crippen LogP) is 2.97. The molecule has 0 amide bonds. The monoisotopic (exact) mass is 324 g/mol. The summed E-state index contributed by atoms with van der Waals surface area (Å²) < 4.78 is 6.81. The number of fused-ring (bicyclic) bond motifs is 23. The van der Waals surface area contributed by atoms with Crippen molar-refractivity contribution in [1.82, 2.24) is 0 Å². The number of hydrogen-bond donors (Lipinski definition) is 1. The Bertz CT molecular complexity index is 656. The summed E-state index contributed by atoms with van der Waals surface area (Å²) in [5.41, 5.74) is 0. The lowest BCUT2D eigenvalue weighted by Gasteiger charge is -2.48. The molecule has 8 aliphatic rings. The first-order chi connectivity index (χ1) is 11.8. The quantitative estimate of drug-likeness (QED) is 0.593. The van der Waals surface area contributed by atoms with Crippen LogP contribution in [0.2, 0.25) is 0 Å². The van der Waals surface area contributed by atoms with Crippen molar-refractivity contribution in [3.8, 4) is 0 Å². The second-order valence-electron chi connectivity index (χ2n) is 10.9. The van der Waals surface area contributed by atoms with Gasteiger partial charge in [0, 0.05) is 6.61 Å². The van der Waals surface area contributed by atoms with Crippen LogP contribution in [-0.4, -0.2) is 23.9 Å². The molecular formula is C22H28O2. The van der Waals surface area contributed by atoms with Gasteiger partial charge in [0.25, 0.3) is 0 Å². The number of aliphatic hydroxyl groups is 1. The van der Waals surface area contributed by atoms with Crippen molar-refractivity contribution in [2.75, 3.05) is 6.61 Å². The van der Waals surface area contributed by atoms with E-state index in [-0.39, 0.29) is 0 Å². The van der Waals surface area contributed by atoms with E-state index in [0.717, 1.165) is 71.0 Å². The summed E-state index contributed by atoms with van der Waals surface area (Å²) in [6.45, 7) is 0.432. The first-order valence-corrected chi connectivity index (χ1v) is 10.8. The third-order valence-corrected chi connectivity index (χ3v) is 10.9. The molecule has 15 atom stereocenters. The van der Waals surface area contributed by atoms with Gasteiger partial charge in [-0.3, -0.25) is 0 Å². The number of aliphatic hydroxyl groups excluding tert-OH is 1. The summed E-state index contributed by atoms with van der Waals surface area (Å²) in [5.74, 6) is 11.8. The minimum Gasteiger partial charge on any atom is -0.396 e. The van der Waals surface area contributed by atoms with Crippen LogP contribution in [0.15, 0.2) is 12.2 Å². The van der Waals surface area contributed by atoms with Gasteiger partial charge >= 0.3 is 0 Å². The highest BCUT2D eigenvalue weighted by molar-refractivity contribution is 5.27. The van der Waals surface area contributed by atoms with Gasteiger partial charge in [-0.1, -0.05) is 12.2 Å². The van der Waals surface area contributed by atoms with Gasteiger partial charge in [0.2, 0.25) is 0 Å². The lowest BCUT2D eigenvalue weighted by Crippen LogP contribution is -2.50. The molecule has 8 bridgehead atoms. The molecule has 6 aliphatic carbocycles. The summed E-state index contributed by atoms with van der Waals surface area (Å²) in [6, 6.07) is 0. The molecule has 2 aliphatic heterocycles. The van der Waals surface area contributed by atoms with E-state index in [1.807, 2.05) is 0 Å². The van der Waals surface area contributed by atoms with Gasteiger partial charge in [-0.25, -0.2) is 0 Å². The van der Waals surface area contributed by atoms with Crippen LogP contribution in [0.4, 0.5) is 0 Å². The Labute approximate surface area is 144 Å². The molecule has 0 aromatic carbocycles. The zero-order valence-corrected chi connectivity index (χ0v) is 14.2. The maximum Gasteiger partial charge on any atom is 0.0648 e. The molecular weight excluding hydrogens is 296 g/mol. The Morgan fingerprint density at radius 2 is 1.38 bits per heavy atom. The summed E-state index contributed by atoms with van der Waals surface area (Å²) >= 11 is 0. The normalized spacial score (nSPS) is 74.5. The molecule has 0 radical (unpaired) electrons. The number of allylic oxidation sites excluding steroid dienone is 2. The molecule has 5 saturated carbocycles. The molecule has 2 saturated heterocycles. The molecule has 8 rings (SSSR count). The molecule has 24 heavy (non-hydrogen) atoms. The summed E-state index contributed by atoms with van der Waals surface area (Å²) in [4.78, 5) is 0. The van der Waals surface area contributed by atoms with Crippen molar-refractivity contribution < 1.29 is 9.84 Å². The average molecular weight is 324 g/mol. The largest absolute Gasteiger partial charge is 0.396 e. The zero-order chi connectivity index (χ0) is 15.3. The molecule has 0 aromatic rings. The van der Waals surface area contributed by atoms with E-state index in [1.165, 1.54) is 19.3 Å². The Hall–Kier alpha value is -0.340. The van der Waals surface area contributed by atoms with Crippen LogP contribution in [0.5, 0.6) is 0 Å². The van der Waals surface area contributed by atoms with Crippen LogP contribution in [0.3, 0.4) is 0 Å². The van der Waals surface area contributed by atoms with Gasteiger partial charge in [0.05, 0.1) is 12.2 Å². The van der Waals surface area contributed by atoms with E-state index < -0.39 is 0 Å². The minimum atomic E-state index is 0.432. The van der Waals surface area contributed by atoms with Crippen LogP contribution in [0.25, 0.3) is 0 Å². The summed E-state index contributed by atoms with van der Waals surface area (Å²) in [6.07, 6.45) is 12.1. The molecule has 1 N–H and O–H groups in total. The Morgan fingerprint density at radius 3 is 2.08 bits per heavy atom. The fraction of sp³-hybridized carbons (Fsp3) is 0.909. The molecule has 2 heteroatoms. The molecule has 2 heterocycles. The van der Waals surface area contributed by atoms with Gasteiger partial charge in [0.1, 0.15) is 0 Å². The van der Waals surface area contributed by atoms with Crippen LogP contribution in [-0.2, 0) is 4.74 Å². The third kappa shape index (κ3) is 1.12. The summed E-state index contributed by atoms with van der Waals surface area (Å²) in [7, 11) is 0. The van der Waals surface area contributed by atoms with Crippen molar-refractivity contribution in [2.24, 2.45) is 76.9 Å². The molecule has 0 spiro atoms. The standard InChI is InChI=1S/C22H28O2/c23-7-11-4-10-5-12(11)18-17(10)21-19-13-6-14(20(19)22(18)24-21)16-9-2-1-8(3-9)15(13)16/h1-2,8-23H,3-7H2. The van der Waals surface area contributed by atoms with E-state index in [2.05, 4.69) is 12.2 Å². The Balaban J connectivity index is 1.21. The van der Waals surface area contributed by atoms with E-state index in [0.29, 0.717) is 24.7 Å². The Kier molecular flexibility index (Phi) is 2.06. The van der Waals surface area contributed by atoms with Crippen molar-refractivity contribution >= 4 is 0 Å². The SMILES string of the molecule is OCC1CC2CC1C1C3OC(C21)C1C2CC(C4C5C=CC(C5)C24)C31. The highest BCUT2D eigenvalue weighted by Crippen LogP contribution is 2.77. The molecule has 128 valence electrons. The second-order valence-corrected chi connectivity index (χ2v) is 10.9. The van der Waals surface area contributed by atoms with Gasteiger partial charge in [0.15, 0.2) is 0 Å². The smallest absolute Gasteiger partial charge is 0.0648 e. The van der Waals surface area contributed by atoms with E-state index >= 15 is 0 Å². The van der Waals surface area contributed by atoms with Crippen molar-refractivity contribution in [3.63, 3.8) is 0 Å². The maximum absolute atomic E-state index is 9.82. The summed E-state index contributed by atoms with van der Waals surface area (Å²) in [5, 5.41) is 9.82. The van der Waals surface area contributed by atoms with E-state index in [4.69, 9.17) is 4.74 Å². The molecule has 2 nitrogen and oxygen atoms in total. The van der Waals surface area contributed by atoms with Crippen LogP contribution in [0, 0.1) is 76.9 Å². The fourth-order valence-corrected chi connectivity index (χ4v) is 10.9. The van der Waals surface area contributed by atoms with Gasteiger partial charge < -0.3 is 9.84 Å². The highest BCUT2D eigenvalue weighted by atomic mass is 16.5. The fourth-order valence-electron chi connectivity index (χ4n) is 10.9. The van der Waals surface area contributed by atoms with E-state index in [1.54, 1.807) is 6.42 Å². The van der Waals surface area contributed by atoms with Crippen molar-refractivity contribution in [2.45, 2.75) is 37.9 Å². The van der Waals surface area contributed by atoms with Gasteiger partial charge in [-0.2, -0.15) is 0 Å². The lowest BCUT2D eigenvalue weighted by molar-refractivity contribution is 0.00387. The minimum absolute atomic E-state index is 0.432. The highest BCUT2D eigenvalue weighted by Gasteiger charge is 2.76. The van der Waals surface area contributed by atoms with Gasteiger partial charge in [-0.05, 0) is 103 Å². The van der Waals surface area contributed by atoms with Gasteiger partial charge in [-0.15, -0.1) is 0 Å². The van der Waals surface area contributed by atoms with Crippen molar-refractivity contribution in [3.05, 3.63) is 12.2 Å². The predicted molar refractivity (Wildman–Crippen MR) is 88.7 cm³/mol. The maximum atomic E-state index is 9.82. The zero-order valence-electron chi connectivity index (χ0n) is 14.2. The first kappa shape index (κ1) is 12.9. The topological polar surface area (TPSA) is 29.5 Å². The first-order valence-electron chi connectivity index (χ1n) is 10.8. The number of ether oxygens (including phenoxy) is 1. The molecule has 0 aromatic heterocycles. The van der Waals surface area contributed by atoms with Crippen LogP contribution in [0.1, 0.15) is 25.7 Å².